The largest absolute Gasteiger partial charge is 0.348 e. The lowest BCUT2D eigenvalue weighted by Gasteiger charge is -2.36. The molecule has 1 amide bonds. The Hall–Kier alpha value is -2.96. The van der Waals surface area contributed by atoms with Gasteiger partial charge in [0.1, 0.15) is 0 Å². The number of carbonyl (C=O) groups is 1. The predicted molar refractivity (Wildman–Crippen MR) is 117 cm³/mol. The molecule has 2 aromatic heterocycles. The van der Waals surface area contributed by atoms with Crippen LogP contribution in [0.4, 0.5) is 0 Å². The predicted octanol–water partition coefficient (Wildman–Crippen LogP) is 3.60. The normalized spacial score (nSPS) is 18.6. The summed E-state index contributed by atoms with van der Waals surface area (Å²) in [7, 11) is 0. The van der Waals surface area contributed by atoms with E-state index >= 15 is 0 Å². The molecule has 1 saturated carbocycles. The van der Waals surface area contributed by atoms with Crippen molar-refractivity contribution in [1.29, 1.82) is 5.26 Å². The number of nitrogens with one attached hydrogen (secondary N) is 1. The minimum Gasteiger partial charge on any atom is -0.348 e. The van der Waals surface area contributed by atoms with E-state index in [9.17, 15) is 10.1 Å². The average Bonchev–Trinajstić information content (AvgIpc) is 3.26. The fraction of sp³-hybridized carbons (Fsp3) is 0.333. The molecule has 1 aliphatic rings. The summed E-state index contributed by atoms with van der Waals surface area (Å²) in [6.45, 7) is 1.95. The number of rotatable bonds is 6. The minimum atomic E-state index is -0.262. The van der Waals surface area contributed by atoms with Gasteiger partial charge in [0.2, 0.25) is 0 Å². The van der Waals surface area contributed by atoms with Gasteiger partial charge in [-0.05, 0) is 55.7 Å². The summed E-state index contributed by atoms with van der Waals surface area (Å²) < 4.78 is 1.63. The number of amides is 1. The van der Waals surface area contributed by atoms with Crippen molar-refractivity contribution in [3.63, 3.8) is 0 Å². The second kappa shape index (κ2) is 9.04. The maximum absolute atomic E-state index is 12.6. The van der Waals surface area contributed by atoms with Crippen molar-refractivity contribution in [1.82, 2.24) is 30.3 Å². The van der Waals surface area contributed by atoms with Crippen LogP contribution in [0.5, 0.6) is 0 Å². The number of nitrogens with zero attached hydrogens (tertiary/aromatic N) is 6. The highest BCUT2D eigenvalue weighted by Gasteiger charge is 2.33. The Morgan fingerprint density at radius 3 is 2.77 bits per heavy atom. The van der Waals surface area contributed by atoms with E-state index in [1.807, 2.05) is 19.2 Å². The molecule has 1 fully saturated rings. The smallest absolute Gasteiger partial charge is 0.273 e. The van der Waals surface area contributed by atoms with Crippen molar-refractivity contribution in [2.45, 2.75) is 42.9 Å². The van der Waals surface area contributed by atoms with Crippen LogP contribution in [0.15, 0.2) is 41.9 Å². The Balaban J connectivity index is 1.36. The Morgan fingerprint density at radius 1 is 1.35 bits per heavy atom. The van der Waals surface area contributed by atoms with Gasteiger partial charge in [0.05, 0.1) is 23.9 Å². The lowest BCUT2D eigenvalue weighted by Crippen LogP contribution is -2.43. The summed E-state index contributed by atoms with van der Waals surface area (Å²) in [6, 6.07) is 7.38. The first-order valence-electron chi connectivity index (χ1n) is 9.76. The summed E-state index contributed by atoms with van der Waals surface area (Å²) in [5.74, 6) is -0.0545. The molecule has 31 heavy (non-hydrogen) atoms. The van der Waals surface area contributed by atoms with E-state index in [0.717, 1.165) is 24.0 Å². The van der Waals surface area contributed by atoms with E-state index in [-0.39, 0.29) is 29.6 Å². The van der Waals surface area contributed by atoms with Gasteiger partial charge in [0.25, 0.3) is 5.91 Å². The highest BCUT2D eigenvalue weighted by Crippen LogP contribution is 2.39. The van der Waals surface area contributed by atoms with Crippen LogP contribution in [-0.2, 0) is 0 Å². The third-order valence-electron chi connectivity index (χ3n) is 5.50. The lowest BCUT2D eigenvalue weighted by molar-refractivity contribution is 0.0903. The summed E-state index contributed by atoms with van der Waals surface area (Å²) in [5, 5.41) is 21.7. The van der Waals surface area contributed by atoms with Crippen LogP contribution in [-0.4, -0.2) is 43.2 Å². The van der Waals surface area contributed by atoms with Crippen molar-refractivity contribution >= 4 is 29.3 Å². The second-order valence-corrected chi connectivity index (χ2v) is 8.65. The average molecular weight is 454 g/mol. The van der Waals surface area contributed by atoms with E-state index in [2.05, 4.69) is 31.7 Å². The van der Waals surface area contributed by atoms with E-state index in [0.29, 0.717) is 15.7 Å². The summed E-state index contributed by atoms with van der Waals surface area (Å²) in [5.41, 5.74) is 2.71. The molecule has 8 nitrogen and oxygen atoms in total. The van der Waals surface area contributed by atoms with Crippen LogP contribution < -0.4 is 5.32 Å². The molecule has 0 spiro atoms. The highest BCUT2D eigenvalue weighted by molar-refractivity contribution is 7.98. The Bertz CT molecular complexity index is 1140. The first-order chi connectivity index (χ1) is 15.0. The van der Waals surface area contributed by atoms with Crippen molar-refractivity contribution in [3.05, 3.63) is 64.2 Å². The molecule has 1 unspecified atom stereocenters. The molecule has 1 atom stereocenters. The third-order valence-corrected chi connectivity index (χ3v) is 6.31. The van der Waals surface area contributed by atoms with Gasteiger partial charge in [-0.15, -0.1) is 5.10 Å². The van der Waals surface area contributed by atoms with Gasteiger partial charge in [0, 0.05) is 29.0 Å². The topological polar surface area (TPSA) is 109 Å². The quantitative estimate of drug-likeness (QED) is 0.448. The second-order valence-electron chi connectivity index (χ2n) is 7.44. The maximum atomic E-state index is 12.6. The van der Waals surface area contributed by atoms with Crippen molar-refractivity contribution in [2.75, 3.05) is 6.26 Å². The van der Waals surface area contributed by atoms with E-state index in [1.54, 1.807) is 35.4 Å². The third kappa shape index (κ3) is 4.55. The zero-order chi connectivity index (χ0) is 22.0. The standard InChI is InChI=1S/C21H20ClN7OS/c1-12(15-9-24-21(31-2)25-10-15)29-11-19(27-28-29)20(30)26-17-5-14(6-17)18-7-16(22)4-3-13(18)8-23/h3-4,7,9-12,14,17H,5-6H2,1-2H3,(H,26,30). The van der Waals surface area contributed by atoms with Crippen molar-refractivity contribution in [2.24, 2.45) is 0 Å². The van der Waals surface area contributed by atoms with Crippen LogP contribution in [0.1, 0.15) is 58.9 Å². The zero-order valence-corrected chi connectivity index (χ0v) is 18.6. The fourth-order valence-corrected chi connectivity index (χ4v) is 4.09. The van der Waals surface area contributed by atoms with Crippen molar-refractivity contribution in [3.8, 4) is 6.07 Å². The van der Waals surface area contributed by atoms with Gasteiger partial charge < -0.3 is 5.32 Å². The van der Waals surface area contributed by atoms with Gasteiger partial charge >= 0.3 is 0 Å². The molecule has 1 aromatic carbocycles. The molecule has 158 valence electrons. The van der Waals surface area contributed by atoms with Crippen LogP contribution in [0, 0.1) is 11.3 Å². The fourth-order valence-electron chi connectivity index (χ4n) is 3.59. The molecular weight excluding hydrogens is 434 g/mol. The Labute approximate surface area is 189 Å². The molecule has 0 bridgehead atoms. The SMILES string of the molecule is CSc1ncc(C(C)n2cc(C(=O)NC3CC(c4cc(Cl)ccc4C#N)C3)nn2)cn1. The first-order valence-corrected chi connectivity index (χ1v) is 11.4. The van der Waals surface area contributed by atoms with E-state index in [1.165, 1.54) is 11.8 Å². The number of thioether (sulfide) groups is 1. The summed E-state index contributed by atoms with van der Waals surface area (Å²) >= 11 is 7.56. The van der Waals surface area contributed by atoms with Gasteiger partial charge in [0.15, 0.2) is 10.9 Å². The van der Waals surface area contributed by atoms with Crippen LogP contribution in [0.25, 0.3) is 0 Å². The Kier molecular flexibility index (Phi) is 6.20. The molecule has 1 aliphatic carbocycles. The van der Waals surface area contributed by atoms with Crippen LogP contribution >= 0.6 is 23.4 Å². The van der Waals surface area contributed by atoms with Gasteiger partial charge in [-0.2, -0.15) is 5.26 Å². The van der Waals surface area contributed by atoms with Crippen molar-refractivity contribution < 1.29 is 4.79 Å². The molecular formula is C21H20ClN7OS. The number of hydrogen-bond acceptors (Lipinski definition) is 7. The lowest BCUT2D eigenvalue weighted by atomic mass is 9.74. The molecule has 2 heterocycles. The summed E-state index contributed by atoms with van der Waals surface area (Å²) in [6.07, 6.45) is 8.57. The molecule has 0 radical (unpaired) electrons. The van der Waals surface area contributed by atoms with Gasteiger partial charge in [-0.1, -0.05) is 28.6 Å². The number of aromatic nitrogens is 5. The Morgan fingerprint density at radius 2 is 2.10 bits per heavy atom. The van der Waals surface area contributed by atoms with E-state index in [4.69, 9.17) is 11.6 Å². The van der Waals surface area contributed by atoms with E-state index < -0.39 is 0 Å². The van der Waals surface area contributed by atoms with Crippen LogP contribution in [0.3, 0.4) is 0 Å². The maximum Gasteiger partial charge on any atom is 0.273 e. The first kappa shape index (κ1) is 21.3. The van der Waals surface area contributed by atoms with Gasteiger partial charge in [-0.3, -0.25) is 4.79 Å². The van der Waals surface area contributed by atoms with Gasteiger partial charge in [-0.25, -0.2) is 14.6 Å². The molecule has 0 saturated heterocycles. The molecule has 1 N–H and O–H groups in total. The summed E-state index contributed by atoms with van der Waals surface area (Å²) in [4.78, 5) is 21.1. The molecule has 0 aliphatic heterocycles. The highest BCUT2D eigenvalue weighted by atomic mass is 35.5. The number of carbonyl (C=O) groups excluding carboxylic acids is 1. The molecule has 3 aromatic rings. The molecule has 4 rings (SSSR count). The monoisotopic (exact) mass is 453 g/mol. The number of nitriles is 1. The number of hydrogen-bond donors (Lipinski definition) is 1. The minimum absolute atomic E-state index is 0.0260. The van der Waals surface area contributed by atoms with Crippen LogP contribution in [0.2, 0.25) is 5.02 Å². The molecule has 10 heteroatoms. The number of benzene rings is 1. The zero-order valence-electron chi connectivity index (χ0n) is 17.0. The number of halogens is 1.